The summed E-state index contributed by atoms with van der Waals surface area (Å²) >= 11 is 0. The van der Waals surface area contributed by atoms with Crippen LogP contribution in [-0.2, 0) is 24.2 Å². The molecule has 0 aliphatic carbocycles. The highest BCUT2D eigenvalue weighted by Crippen LogP contribution is 2.32. The first-order chi connectivity index (χ1) is 24.2. The lowest BCUT2D eigenvalue weighted by Gasteiger charge is -2.27. The first-order valence-corrected chi connectivity index (χ1v) is 18.6. The molecule has 1 aromatic heterocycles. The Balaban J connectivity index is 1.37. The molecule has 4 bridgehead atoms. The number of nitrogens with two attached hydrogens (primary N) is 1. The fraction of sp³-hybridized carbons (Fsp3) is 0.442. The summed E-state index contributed by atoms with van der Waals surface area (Å²) in [6.07, 6.45) is 15.7. The molecule has 0 radical (unpaired) electrons. The maximum atomic E-state index is 11.3. The number of aliphatic hydroxyl groups is 1. The minimum absolute atomic E-state index is 0.0793. The van der Waals surface area contributed by atoms with Crippen molar-refractivity contribution in [3.05, 3.63) is 113 Å². The lowest BCUT2D eigenvalue weighted by Crippen LogP contribution is -2.38. The molecule has 0 saturated heterocycles. The average Bonchev–Trinajstić information content (AvgIpc) is 3.54. The average molecular weight is 678 g/mol. The fourth-order valence-electron chi connectivity index (χ4n) is 7.29. The van der Waals surface area contributed by atoms with E-state index in [2.05, 4.69) is 85.5 Å². The normalized spacial score (nSPS) is 20.6. The number of aromatic hydroxyl groups is 1. The van der Waals surface area contributed by atoms with Crippen molar-refractivity contribution in [3.8, 4) is 11.5 Å². The van der Waals surface area contributed by atoms with Crippen LogP contribution in [0.3, 0.4) is 0 Å². The number of fused-ring (bicyclic) bond motifs is 4. The number of aromatic nitrogens is 1. The number of ether oxygens (including phenoxy) is 2. The molecule has 50 heavy (non-hydrogen) atoms. The Morgan fingerprint density at radius 1 is 0.980 bits per heavy atom. The van der Waals surface area contributed by atoms with Crippen LogP contribution < -0.4 is 15.8 Å². The van der Waals surface area contributed by atoms with Crippen LogP contribution in [0.15, 0.2) is 90.8 Å². The van der Waals surface area contributed by atoms with Crippen LogP contribution in [-0.4, -0.2) is 39.8 Å². The maximum Gasteiger partial charge on any atom is 0.161 e. The number of dihydropyridines is 1. The third-order valence-electron chi connectivity index (χ3n) is 10.3. The van der Waals surface area contributed by atoms with E-state index in [4.69, 9.17) is 15.2 Å². The number of aryl methyl sites for hydroxylation is 1. The van der Waals surface area contributed by atoms with E-state index in [1.807, 2.05) is 24.3 Å². The highest BCUT2D eigenvalue weighted by atomic mass is 16.5. The lowest BCUT2D eigenvalue weighted by molar-refractivity contribution is 0.0146. The SMILES string of the molecule is CCC(CCC(C)C)CCC1CC(O)CCc2ccc(O)c(c2)OCc2cc(Cc3ccccc3)cc3cn(cc23)C2=C(C=CC(N)N2)CO1. The van der Waals surface area contributed by atoms with Gasteiger partial charge in [0, 0.05) is 28.7 Å². The molecule has 0 spiro atoms. The molecule has 6 rings (SSSR count). The predicted molar refractivity (Wildman–Crippen MR) is 203 cm³/mol. The number of benzene rings is 3. The van der Waals surface area contributed by atoms with Gasteiger partial charge in [-0.3, -0.25) is 0 Å². The number of hydrogen-bond donors (Lipinski definition) is 4. The molecule has 2 aliphatic heterocycles. The zero-order valence-corrected chi connectivity index (χ0v) is 30.0. The largest absolute Gasteiger partial charge is 0.504 e. The van der Waals surface area contributed by atoms with Crippen molar-refractivity contribution in [2.24, 2.45) is 17.6 Å². The molecule has 4 atom stereocenters. The van der Waals surface area contributed by atoms with Crippen molar-refractivity contribution in [1.29, 1.82) is 0 Å². The summed E-state index contributed by atoms with van der Waals surface area (Å²) in [7, 11) is 0. The van der Waals surface area contributed by atoms with Gasteiger partial charge in [-0.25, -0.2) is 0 Å². The lowest BCUT2D eigenvalue weighted by atomic mass is 9.89. The molecule has 4 aromatic rings. The van der Waals surface area contributed by atoms with Crippen molar-refractivity contribution in [2.75, 3.05) is 6.61 Å². The second kappa shape index (κ2) is 16.8. The van der Waals surface area contributed by atoms with Gasteiger partial charge in [0.2, 0.25) is 0 Å². The first kappa shape index (κ1) is 35.8. The molecule has 7 heteroatoms. The Morgan fingerprint density at radius 3 is 2.62 bits per heavy atom. The zero-order chi connectivity index (χ0) is 35.0. The Hall–Kier alpha value is -4.04. The van der Waals surface area contributed by atoms with Gasteiger partial charge in [0.25, 0.3) is 0 Å². The number of phenols is 1. The topological polar surface area (TPSA) is 102 Å². The molecule has 0 saturated carbocycles. The number of nitrogens with zero attached hydrogens (tertiary/aromatic N) is 1. The zero-order valence-electron chi connectivity index (χ0n) is 30.0. The van der Waals surface area contributed by atoms with Gasteiger partial charge in [-0.2, -0.15) is 0 Å². The summed E-state index contributed by atoms with van der Waals surface area (Å²) in [5.41, 5.74) is 11.9. The molecule has 2 aliphatic rings. The molecule has 3 heterocycles. The quantitative estimate of drug-likeness (QED) is 0.142. The van der Waals surface area contributed by atoms with Gasteiger partial charge < -0.3 is 35.3 Å². The molecule has 3 aromatic carbocycles. The van der Waals surface area contributed by atoms with E-state index in [0.29, 0.717) is 50.1 Å². The van der Waals surface area contributed by atoms with Crippen LogP contribution in [0.2, 0.25) is 0 Å². The Labute approximate surface area is 297 Å². The number of rotatable bonds is 9. The summed E-state index contributed by atoms with van der Waals surface area (Å²) in [5, 5.41) is 27.7. The van der Waals surface area contributed by atoms with Crippen LogP contribution in [0.1, 0.15) is 88.0 Å². The minimum Gasteiger partial charge on any atom is -0.504 e. The maximum absolute atomic E-state index is 11.3. The van der Waals surface area contributed by atoms with Gasteiger partial charge in [-0.15, -0.1) is 0 Å². The van der Waals surface area contributed by atoms with Gasteiger partial charge in [0.1, 0.15) is 12.4 Å². The van der Waals surface area contributed by atoms with E-state index in [0.717, 1.165) is 59.0 Å². The summed E-state index contributed by atoms with van der Waals surface area (Å²) in [6.45, 7) is 7.58. The molecular weight excluding hydrogens is 622 g/mol. The second-order valence-corrected chi connectivity index (χ2v) is 14.8. The fourth-order valence-corrected chi connectivity index (χ4v) is 7.29. The molecule has 4 unspecified atom stereocenters. The third-order valence-corrected chi connectivity index (χ3v) is 10.3. The van der Waals surface area contributed by atoms with E-state index in [1.54, 1.807) is 6.07 Å². The highest BCUT2D eigenvalue weighted by Gasteiger charge is 2.22. The van der Waals surface area contributed by atoms with Crippen molar-refractivity contribution in [1.82, 2.24) is 9.88 Å². The van der Waals surface area contributed by atoms with E-state index >= 15 is 0 Å². The molecule has 0 amide bonds. The van der Waals surface area contributed by atoms with Gasteiger partial charge >= 0.3 is 0 Å². The second-order valence-electron chi connectivity index (χ2n) is 14.8. The van der Waals surface area contributed by atoms with E-state index in [-0.39, 0.29) is 18.0 Å². The Morgan fingerprint density at radius 2 is 1.82 bits per heavy atom. The number of hydrogen-bond acceptors (Lipinski definition) is 6. The molecule has 5 N–H and O–H groups in total. The summed E-state index contributed by atoms with van der Waals surface area (Å²) in [6, 6.07) is 20.5. The standard InChI is InChI=1S/C43H55N3O4/c1-4-30(11-10-29(2)3)13-17-38-24-37(47)16-12-32-14-18-40(48)41(23-32)50-28-36-22-33(20-31-8-6-5-7-9-31)21-35-25-46(26-39(35)36)43-34(27-49-38)15-19-42(44)45-43/h5-9,14-15,18-19,21-23,25-26,29-30,37-38,42,45,47-48H,4,10-13,16-17,20,24,27-28,44H2,1-3H3. The van der Waals surface area contributed by atoms with Crippen molar-refractivity contribution >= 4 is 16.6 Å². The minimum atomic E-state index is -0.512. The summed E-state index contributed by atoms with van der Waals surface area (Å²) < 4.78 is 15.2. The molecule has 7 nitrogen and oxygen atoms in total. The third kappa shape index (κ3) is 9.39. The van der Waals surface area contributed by atoms with E-state index in [9.17, 15) is 10.2 Å². The summed E-state index contributed by atoms with van der Waals surface area (Å²) in [5.74, 6) is 2.79. The van der Waals surface area contributed by atoms with Crippen LogP contribution in [0, 0.1) is 11.8 Å². The van der Waals surface area contributed by atoms with Crippen LogP contribution in [0.4, 0.5) is 0 Å². The first-order valence-electron chi connectivity index (χ1n) is 18.6. The van der Waals surface area contributed by atoms with Crippen LogP contribution >= 0.6 is 0 Å². The van der Waals surface area contributed by atoms with Gasteiger partial charge in [-0.05, 0) is 96.9 Å². The van der Waals surface area contributed by atoms with Crippen molar-refractivity contribution in [3.63, 3.8) is 0 Å². The molecule has 266 valence electrons. The van der Waals surface area contributed by atoms with Gasteiger partial charge in [-0.1, -0.05) is 88.6 Å². The Bertz CT molecular complexity index is 1780. The van der Waals surface area contributed by atoms with Gasteiger partial charge in [0.15, 0.2) is 11.5 Å². The molecular formula is C43H55N3O4. The number of phenolic OH excluding ortho intramolecular Hbond substituents is 1. The van der Waals surface area contributed by atoms with Crippen molar-refractivity contribution in [2.45, 2.75) is 104 Å². The number of nitrogens with one attached hydrogen (secondary N) is 1. The number of aliphatic hydroxyl groups excluding tert-OH is 1. The smallest absolute Gasteiger partial charge is 0.161 e. The van der Waals surface area contributed by atoms with E-state index < -0.39 is 6.10 Å². The van der Waals surface area contributed by atoms with E-state index in [1.165, 1.54) is 24.0 Å². The van der Waals surface area contributed by atoms with Crippen molar-refractivity contribution < 1.29 is 19.7 Å². The predicted octanol–water partition coefficient (Wildman–Crippen LogP) is 8.45. The monoisotopic (exact) mass is 677 g/mol. The van der Waals surface area contributed by atoms with Crippen LogP contribution in [0.5, 0.6) is 11.5 Å². The highest BCUT2D eigenvalue weighted by molar-refractivity contribution is 5.88. The Kier molecular flexibility index (Phi) is 12.0. The van der Waals surface area contributed by atoms with Crippen LogP contribution in [0.25, 0.3) is 16.6 Å². The molecule has 0 fully saturated rings. The summed E-state index contributed by atoms with van der Waals surface area (Å²) in [4.78, 5) is 0. The van der Waals surface area contributed by atoms with Gasteiger partial charge in [0.05, 0.1) is 25.0 Å².